The first-order valence-electron chi connectivity index (χ1n) is 8.09. The molecule has 5 heteroatoms. The minimum Gasteiger partial charge on any atom is -0.472 e. The molecule has 0 N–H and O–H groups in total. The lowest BCUT2D eigenvalue weighted by molar-refractivity contribution is 0.131. The van der Waals surface area contributed by atoms with Crippen LogP contribution in [0.25, 0.3) is 0 Å². The molecular formula is C17H23N3O2. The first-order valence-corrected chi connectivity index (χ1v) is 8.09. The molecule has 1 aliphatic carbocycles. The lowest BCUT2D eigenvalue weighted by Gasteiger charge is -2.32. The van der Waals surface area contributed by atoms with Gasteiger partial charge in [-0.15, -0.1) is 0 Å². The molecule has 0 bridgehead atoms. The minimum absolute atomic E-state index is 0.405. The van der Waals surface area contributed by atoms with E-state index in [9.17, 15) is 0 Å². The quantitative estimate of drug-likeness (QED) is 0.822. The first kappa shape index (κ1) is 14.0. The normalized spacial score (nSPS) is 22.0. The van der Waals surface area contributed by atoms with Gasteiger partial charge in [0.05, 0.1) is 31.2 Å². The summed E-state index contributed by atoms with van der Waals surface area (Å²) in [6.45, 7) is 4.72. The van der Waals surface area contributed by atoms with Crippen LogP contribution in [0, 0.1) is 5.92 Å². The predicted molar refractivity (Wildman–Crippen MR) is 82.4 cm³/mol. The average molecular weight is 301 g/mol. The number of imidazole rings is 1. The fraction of sp³-hybridized carbons (Fsp3) is 0.588. The zero-order valence-corrected chi connectivity index (χ0v) is 13.1. The Balaban J connectivity index is 1.55. The van der Waals surface area contributed by atoms with Crippen molar-refractivity contribution in [3.8, 4) is 0 Å². The van der Waals surface area contributed by atoms with Crippen molar-refractivity contribution in [2.24, 2.45) is 5.92 Å². The van der Waals surface area contributed by atoms with Crippen LogP contribution in [0.15, 0.2) is 29.3 Å². The Morgan fingerprint density at radius 3 is 3.05 bits per heavy atom. The minimum atomic E-state index is 0.405. The Morgan fingerprint density at radius 2 is 2.32 bits per heavy atom. The zero-order chi connectivity index (χ0) is 14.9. The highest BCUT2D eigenvalue weighted by Gasteiger charge is 2.31. The molecule has 0 aromatic carbocycles. The van der Waals surface area contributed by atoms with E-state index in [1.807, 2.05) is 18.7 Å². The highest BCUT2D eigenvalue weighted by molar-refractivity contribution is 5.23. The number of aromatic nitrogens is 2. The third-order valence-corrected chi connectivity index (χ3v) is 4.70. The molecule has 0 radical (unpaired) electrons. The largest absolute Gasteiger partial charge is 0.472 e. The van der Waals surface area contributed by atoms with Gasteiger partial charge in [-0.2, -0.15) is 0 Å². The van der Waals surface area contributed by atoms with Crippen LogP contribution in [0.1, 0.15) is 35.7 Å². The van der Waals surface area contributed by atoms with E-state index < -0.39 is 0 Å². The summed E-state index contributed by atoms with van der Waals surface area (Å²) in [5.41, 5.74) is 3.84. The summed E-state index contributed by atoms with van der Waals surface area (Å²) in [7, 11) is 1.79. The molecule has 1 atom stereocenters. The summed E-state index contributed by atoms with van der Waals surface area (Å²) in [6.07, 6.45) is 8.34. The van der Waals surface area contributed by atoms with Gasteiger partial charge in [-0.3, -0.25) is 4.90 Å². The number of ether oxygens (including phenoxy) is 1. The number of hydrogen-bond donors (Lipinski definition) is 0. The second-order valence-corrected chi connectivity index (χ2v) is 6.63. The molecule has 22 heavy (non-hydrogen) atoms. The van der Waals surface area contributed by atoms with Crippen molar-refractivity contribution in [1.82, 2.24) is 14.5 Å². The van der Waals surface area contributed by atoms with E-state index in [1.165, 1.54) is 29.8 Å². The number of methoxy groups -OCH3 is 1. The van der Waals surface area contributed by atoms with Gasteiger partial charge in [0.15, 0.2) is 0 Å². The second kappa shape index (κ2) is 5.89. The monoisotopic (exact) mass is 301 g/mol. The van der Waals surface area contributed by atoms with E-state index in [4.69, 9.17) is 14.1 Å². The lowest BCUT2D eigenvalue weighted by atomic mass is 9.98. The van der Waals surface area contributed by atoms with Crippen LogP contribution >= 0.6 is 0 Å². The molecule has 1 unspecified atom stereocenters. The highest BCUT2D eigenvalue weighted by atomic mass is 16.5. The van der Waals surface area contributed by atoms with Gasteiger partial charge in [0.1, 0.15) is 0 Å². The Hall–Kier alpha value is -1.59. The van der Waals surface area contributed by atoms with Crippen molar-refractivity contribution in [2.45, 2.75) is 38.4 Å². The standard InChI is InChI=1S/C17H23N3O2/c1-21-11-15-8-19(6-14-4-5-22-10-14)9-16-17(15)20(12-18-16)7-13-2-3-13/h4-5,10,12-13,15H,2-3,6-9,11H2,1H3. The molecule has 3 heterocycles. The number of fused-ring (bicyclic) bond motifs is 1. The molecule has 0 saturated heterocycles. The van der Waals surface area contributed by atoms with Gasteiger partial charge >= 0.3 is 0 Å². The smallest absolute Gasteiger partial charge is 0.0952 e. The molecule has 5 nitrogen and oxygen atoms in total. The van der Waals surface area contributed by atoms with Crippen molar-refractivity contribution in [1.29, 1.82) is 0 Å². The zero-order valence-electron chi connectivity index (χ0n) is 13.1. The maximum absolute atomic E-state index is 5.48. The van der Waals surface area contributed by atoms with Crippen LogP contribution in [-0.4, -0.2) is 34.7 Å². The number of rotatable bonds is 6. The van der Waals surface area contributed by atoms with E-state index in [0.717, 1.165) is 38.7 Å². The summed E-state index contributed by atoms with van der Waals surface area (Å²) in [4.78, 5) is 7.13. The maximum Gasteiger partial charge on any atom is 0.0952 e. The molecule has 1 saturated carbocycles. The van der Waals surface area contributed by atoms with Gasteiger partial charge < -0.3 is 13.7 Å². The van der Waals surface area contributed by atoms with Gasteiger partial charge in [-0.05, 0) is 24.8 Å². The van der Waals surface area contributed by atoms with Gasteiger partial charge in [0, 0.05) is 50.5 Å². The van der Waals surface area contributed by atoms with Crippen LogP contribution in [0.5, 0.6) is 0 Å². The summed E-state index contributed by atoms with van der Waals surface area (Å²) >= 11 is 0. The van der Waals surface area contributed by atoms with Crippen molar-refractivity contribution in [3.05, 3.63) is 41.9 Å². The molecule has 2 aromatic rings. The van der Waals surface area contributed by atoms with Crippen LogP contribution in [0.2, 0.25) is 0 Å². The van der Waals surface area contributed by atoms with E-state index in [1.54, 1.807) is 13.4 Å². The van der Waals surface area contributed by atoms with Crippen molar-refractivity contribution in [3.63, 3.8) is 0 Å². The first-order chi connectivity index (χ1) is 10.8. The van der Waals surface area contributed by atoms with Crippen molar-refractivity contribution < 1.29 is 9.15 Å². The van der Waals surface area contributed by atoms with Crippen LogP contribution in [-0.2, 0) is 24.4 Å². The lowest BCUT2D eigenvalue weighted by Crippen LogP contribution is -2.36. The maximum atomic E-state index is 5.48. The molecule has 0 spiro atoms. The third kappa shape index (κ3) is 2.83. The molecule has 118 valence electrons. The van der Waals surface area contributed by atoms with E-state index >= 15 is 0 Å². The Bertz CT molecular complexity index is 616. The third-order valence-electron chi connectivity index (χ3n) is 4.70. The molecule has 2 aliphatic rings. The molecule has 4 rings (SSSR count). The summed E-state index contributed by atoms with van der Waals surface area (Å²) in [5, 5.41) is 0. The average Bonchev–Trinajstić information content (AvgIpc) is 3.00. The number of hydrogen-bond acceptors (Lipinski definition) is 4. The SMILES string of the molecule is COCC1CN(Cc2ccoc2)Cc2ncn(CC3CC3)c21. The van der Waals surface area contributed by atoms with Crippen LogP contribution < -0.4 is 0 Å². The number of furan rings is 1. The molecule has 1 fully saturated rings. The van der Waals surface area contributed by atoms with Crippen molar-refractivity contribution >= 4 is 0 Å². The Labute approximate surface area is 130 Å². The second-order valence-electron chi connectivity index (χ2n) is 6.63. The van der Waals surface area contributed by atoms with Crippen molar-refractivity contribution in [2.75, 3.05) is 20.3 Å². The Kier molecular flexibility index (Phi) is 3.76. The Morgan fingerprint density at radius 1 is 1.41 bits per heavy atom. The fourth-order valence-electron chi connectivity index (χ4n) is 3.52. The summed E-state index contributed by atoms with van der Waals surface area (Å²) in [5.74, 6) is 1.27. The molecular weight excluding hydrogens is 278 g/mol. The topological polar surface area (TPSA) is 43.4 Å². The van der Waals surface area contributed by atoms with Gasteiger partial charge in [-0.1, -0.05) is 0 Å². The van der Waals surface area contributed by atoms with Gasteiger partial charge in [-0.25, -0.2) is 4.98 Å². The summed E-state index contributed by atoms with van der Waals surface area (Å²) in [6, 6.07) is 2.03. The molecule has 2 aromatic heterocycles. The predicted octanol–water partition coefficient (Wildman–Crippen LogP) is 2.63. The molecule has 1 aliphatic heterocycles. The van der Waals surface area contributed by atoms with Gasteiger partial charge in [0.25, 0.3) is 0 Å². The van der Waals surface area contributed by atoms with Gasteiger partial charge in [0.2, 0.25) is 0 Å². The summed E-state index contributed by atoms with van der Waals surface area (Å²) < 4.78 is 13.0. The van der Waals surface area contributed by atoms with E-state index in [0.29, 0.717) is 5.92 Å². The fourth-order valence-corrected chi connectivity index (χ4v) is 3.52. The van der Waals surface area contributed by atoms with Crippen LogP contribution in [0.4, 0.5) is 0 Å². The van der Waals surface area contributed by atoms with Crippen LogP contribution in [0.3, 0.4) is 0 Å². The van der Waals surface area contributed by atoms with E-state index in [2.05, 4.69) is 9.47 Å². The van der Waals surface area contributed by atoms with E-state index in [-0.39, 0.29) is 0 Å². The molecule has 0 amide bonds. The highest BCUT2D eigenvalue weighted by Crippen LogP contribution is 2.34. The number of nitrogens with zero attached hydrogens (tertiary/aromatic N) is 3.